The summed E-state index contributed by atoms with van der Waals surface area (Å²) >= 11 is 6.33. The van der Waals surface area contributed by atoms with Crippen LogP contribution in [0.25, 0.3) is 0 Å². The molecule has 1 saturated heterocycles. The summed E-state index contributed by atoms with van der Waals surface area (Å²) in [5.41, 5.74) is 3.96. The van der Waals surface area contributed by atoms with E-state index in [1.807, 2.05) is 65.6 Å². The summed E-state index contributed by atoms with van der Waals surface area (Å²) in [6, 6.07) is 22.8. The van der Waals surface area contributed by atoms with Crippen molar-refractivity contribution in [3.05, 3.63) is 100 Å². The Hall–Kier alpha value is -3.31. The van der Waals surface area contributed by atoms with Crippen LogP contribution in [0.4, 0.5) is 5.69 Å². The summed E-state index contributed by atoms with van der Waals surface area (Å²) in [6.45, 7) is 2.69. The van der Waals surface area contributed by atoms with E-state index in [1.165, 1.54) is 0 Å². The van der Waals surface area contributed by atoms with Crippen LogP contribution in [0.2, 0.25) is 5.02 Å². The van der Waals surface area contributed by atoms with Crippen molar-refractivity contribution >= 4 is 29.2 Å². The van der Waals surface area contributed by atoms with Gasteiger partial charge in [-0.25, -0.2) is 4.79 Å². The molecule has 0 saturated carbocycles. The van der Waals surface area contributed by atoms with Gasteiger partial charge in [0.15, 0.2) is 0 Å². The van der Waals surface area contributed by atoms with Gasteiger partial charge in [0.05, 0.1) is 16.3 Å². The molecule has 0 spiro atoms. The third-order valence-corrected chi connectivity index (χ3v) is 6.48. The largest absolute Gasteiger partial charge is 0.454 e. The summed E-state index contributed by atoms with van der Waals surface area (Å²) in [6.07, 6.45) is 0.229. The molecule has 162 valence electrons. The maximum atomic E-state index is 13.2. The van der Waals surface area contributed by atoms with Gasteiger partial charge in [0.1, 0.15) is 6.10 Å². The molecule has 1 unspecified atom stereocenters. The number of anilines is 1. The van der Waals surface area contributed by atoms with Crippen molar-refractivity contribution in [1.29, 1.82) is 0 Å². The third-order valence-electron chi connectivity index (χ3n) is 6.16. The molecular formula is C26H23ClN2O3. The van der Waals surface area contributed by atoms with Crippen molar-refractivity contribution in [3.63, 3.8) is 0 Å². The number of cyclic esters (lactones) is 1. The maximum absolute atomic E-state index is 13.2. The molecule has 0 bridgehead atoms. The van der Waals surface area contributed by atoms with Gasteiger partial charge < -0.3 is 14.5 Å². The van der Waals surface area contributed by atoms with E-state index in [9.17, 15) is 9.59 Å². The Balaban J connectivity index is 1.31. The van der Waals surface area contributed by atoms with Crippen LogP contribution in [0.3, 0.4) is 0 Å². The minimum atomic E-state index is -0.340. The molecule has 3 aromatic rings. The van der Waals surface area contributed by atoms with Crippen molar-refractivity contribution in [2.24, 2.45) is 0 Å². The summed E-state index contributed by atoms with van der Waals surface area (Å²) < 4.78 is 5.63. The Morgan fingerprint density at radius 3 is 2.38 bits per heavy atom. The number of fused-ring (bicyclic) bond motifs is 1. The number of nitrogens with zero attached hydrogens (tertiary/aromatic N) is 2. The second-order valence-corrected chi connectivity index (χ2v) is 8.52. The predicted octanol–water partition coefficient (Wildman–Crippen LogP) is 4.76. The normalized spacial score (nSPS) is 18.2. The van der Waals surface area contributed by atoms with E-state index in [-0.39, 0.29) is 18.0 Å². The lowest BCUT2D eigenvalue weighted by atomic mass is 9.93. The number of carbonyl (C=O) groups excluding carboxylic acids is 2. The van der Waals surface area contributed by atoms with E-state index in [2.05, 4.69) is 4.90 Å². The van der Waals surface area contributed by atoms with E-state index in [1.54, 1.807) is 12.1 Å². The number of carbonyl (C=O) groups is 2. The summed E-state index contributed by atoms with van der Waals surface area (Å²) in [4.78, 5) is 29.8. The van der Waals surface area contributed by atoms with Gasteiger partial charge in [-0.05, 0) is 41.5 Å². The highest BCUT2D eigenvalue weighted by Crippen LogP contribution is 2.31. The highest BCUT2D eigenvalue weighted by atomic mass is 35.5. The summed E-state index contributed by atoms with van der Waals surface area (Å²) in [5.74, 6) is -0.353. The lowest BCUT2D eigenvalue weighted by molar-refractivity contribution is 0.0252. The number of halogens is 1. The van der Waals surface area contributed by atoms with Gasteiger partial charge >= 0.3 is 5.97 Å². The number of esters is 1. The average Bonchev–Trinajstić information content (AvgIpc) is 2.84. The Bertz CT molecular complexity index is 1160. The molecule has 0 N–H and O–H groups in total. The van der Waals surface area contributed by atoms with Gasteiger partial charge in [-0.3, -0.25) is 4.79 Å². The number of amides is 1. The first-order chi connectivity index (χ1) is 15.6. The minimum absolute atomic E-state index is 0.0122. The standard InChI is InChI=1S/C26H23ClN2O3/c27-22-8-4-5-9-23(22)28-12-14-29(15-13-28)25(30)19-10-11-21-20(16-19)17-24(32-26(21)31)18-6-2-1-3-7-18/h1-11,16,24H,12-15,17H2. The molecule has 2 aliphatic rings. The van der Waals surface area contributed by atoms with Crippen molar-refractivity contribution in [1.82, 2.24) is 4.90 Å². The van der Waals surface area contributed by atoms with Gasteiger partial charge in [-0.2, -0.15) is 0 Å². The molecule has 0 aliphatic carbocycles. The number of para-hydroxylation sites is 1. The lowest BCUT2D eigenvalue weighted by Gasteiger charge is -2.36. The van der Waals surface area contributed by atoms with Gasteiger partial charge in [-0.1, -0.05) is 54.1 Å². The number of hydrogen-bond acceptors (Lipinski definition) is 4. The molecule has 1 atom stereocenters. The Morgan fingerprint density at radius 1 is 0.906 bits per heavy atom. The maximum Gasteiger partial charge on any atom is 0.339 e. The lowest BCUT2D eigenvalue weighted by Crippen LogP contribution is -2.48. The molecule has 6 heteroatoms. The van der Waals surface area contributed by atoms with Gasteiger partial charge in [0, 0.05) is 38.2 Å². The van der Waals surface area contributed by atoms with Crippen LogP contribution in [0.5, 0.6) is 0 Å². The van der Waals surface area contributed by atoms with E-state index < -0.39 is 0 Å². The quantitative estimate of drug-likeness (QED) is 0.544. The van der Waals surface area contributed by atoms with Gasteiger partial charge in [0.25, 0.3) is 5.91 Å². The zero-order valence-corrected chi connectivity index (χ0v) is 18.3. The van der Waals surface area contributed by atoms with E-state index in [0.717, 1.165) is 34.9 Å². The van der Waals surface area contributed by atoms with Crippen LogP contribution in [0.15, 0.2) is 72.8 Å². The molecule has 0 aromatic heterocycles. The number of hydrogen-bond donors (Lipinski definition) is 0. The van der Waals surface area contributed by atoms with Crippen LogP contribution in [0, 0.1) is 0 Å². The fraction of sp³-hybridized carbons (Fsp3) is 0.231. The average molecular weight is 447 g/mol. The monoisotopic (exact) mass is 446 g/mol. The van der Waals surface area contributed by atoms with Gasteiger partial charge in [0.2, 0.25) is 0 Å². The van der Waals surface area contributed by atoms with Crippen LogP contribution in [-0.2, 0) is 11.2 Å². The zero-order valence-electron chi connectivity index (χ0n) is 17.5. The fourth-order valence-electron chi connectivity index (χ4n) is 4.42. The molecule has 1 fully saturated rings. The van der Waals surface area contributed by atoms with Crippen LogP contribution in [-0.4, -0.2) is 43.0 Å². The molecule has 2 heterocycles. The Kier molecular flexibility index (Phi) is 5.58. The Labute approximate surface area is 192 Å². The van der Waals surface area contributed by atoms with Crippen molar-refractivity contribution in [3.8, 4) is 0 Å². The second kappa shape index (κ2) is 8.67. The molecule has 0 radical (unpaired) electrons. The first-order valence-electron chi connectivity index (χ1n) is 10.8. The number of rotatable bonds is 3. The Morgan fingerprint density at radius 2 is 1.62 bits per heavy atom. The topological polar surface area (TPSA) is 49.9 Å². The molecule has 5 nitrogen and oxygen atoms in total. The van der Waals surface area contributed by atoms with Crippen LogP contribution in [0.1, 0.15) is 37.9 Å². The number of piperazine rings is 1. The molecule has 5 rings (SSSR count). The smallest absolute Gasteiger partial charge is 0.339 e. The van der Waals surface area contributed by atoms with Crippen molar-refractivity contribution < 1.29 is 14.3 Å². The summed E-state index contributed by atoms with van der Waals surface area (Å²) in [5, 5.41) is 0.724. The summed E-state index contributed by atoms with van der Waals surface area (Å²) in [7, 11) is 0. The number of ether oxygens (including phenoxy) is 1. The molecule has 2 aliphatic heterocycles. The van der Waals surface area contributed by atoms with Crippen molar-refractivity contribution in [2.45, 2.75) is 12.5 Å². The van der Waals surface area contributed by atoms with Crippen molar-refractivity contribution in [2.75, 3.05) is 31.1 Å². The fourth-order valence-corrected chi connectivity index (χ4v) is 4.68. The zero-order chi connectivity index (χ0) is 22.1. The second-order valence-electron chi connectivity index (χ2n) is 8.11. The highest BCUT2D eigenvalue weighted by Gasteiger charge is 2.29. The molecule has 1 amide bonds. The minimum Gasteiger partial charge on any atom is -0.454 e. The predicted molar refractivity (Wildman–Crippen MR) is 124 cm³/mol. The molecular weight excluding hydrogens is 424 g/mol. The van der Waals surface area contributed by atoms with E-state index >= 15 is 0 Å². The molecule has 3 aromatic carbocycles. The number of benzene rings is 3. The van der Waals surface area contributed by atoms with Gasteiger partial charge in [-0.15, -0.1) is 0 Å². The van der Waals surface area contributed by atoms with E-state index in [0.29, 0.717) is 30.6 Å². The van der Waals surface area contributed by atoms with Crippen LogP contribution < -0.4 is 4.90 Å². The highest BCUT2D eigenvalue weighted by molar-refractivity contribution is 6.33. The first-order valence-corrected chi connectivity index (χ1v) is 11.2. The third kappa shape index (κ3) is 3.96. The first kappa shape index (κ1) is 20.6. The SMILES string of the molecule is O=C1OC(c2ccccc2)Cc2cc(C(=O)N3CCN(c4ccccc4Cl)CC3)ccc21. The van der Waals surface area contributed by atoms with E-state index in [4.69, 9.17) is 16.3 Å². The molecule has 32 heavy (non-hydrogen) atoms. The van der Waals surface area contributed by atoms with Crippen LogP contribution >= 0.6 is 11.6 Å².